The normalized spacial score (nSPS) is 25.5. The van der Waals surface area contributed by atoms with Crippen LogP contribution in [-0.4, -0.2) is 36.2 Å². The fourth-order valence-corrected chi connectivity index (χ4v) is 4.73. The fourth-order valence-electron chi connectivity index (χ4n) is 4.73. The molecule has 4 heteroatoms. The highest BCUT2D eigenvalue weighted by molar-refractivity contribution is 5.49. The number of nitrogens with two attached hydrogens (primary N) is 1. The molecule has 4 rings (SSSR count). The first kappa shape index (κ1) is 17.4. The number of rotatable bonds is 2. The molecule has 4 nitrogen and oxygen atoms in total. The number of methoxy groups -OCH3 is 1. The van der Waals surface area contributed by atoms with Crippen molar-refractivity contribution in [2.24, 2.45) is 5.73 Å². The minimum absolute atomic E-state index is 0.127. The molecule has 0 aliphatic carbocycles. The SMILES string of the molecule is COc1cc2c(cc1O)CCN1C[C@H](c3cc(C)ccc3C)[C@@H](N)C[C@@H]21. The van der Waals surface area contributed by atoms with Gasteiger partial charge in [-0.25, -0.2) is 0 Å². The van der Waals surface area contributed by atoms with Gasteiger partial charge in [-0.2, -0.15) is 0 Å². The van der Waals surface area contributed by atoms with Gasteiger partial charge in [0.05, 0.1) is 7.11 Å². The third-order valence-electron chi connectivity index (χ3n) is 6.19. The van der Waals surface area contributed by atoms with E-state index in [4.69, 9.17) is 10.5 Å². The lowest BCUT2D eigenvalue weighted by atomic mass is 9.77. The van der Waals surface area contributed by atoms with Crippen molar-refractivity contribution in [3.8, 4) is 11.5 Å². The molecule has 2 heterocycles. The number of ether oxygens (including phenoxy) is 1. The molecule has 1 saturated heterocycles. The maximum atomic E-state index is 10.1. The summed E-state index contributed by atoms with van der Waals surface area (Å²) in [6.45, 7) is 6.33. The van der Waals surface area contributed by atoms with Crippen molar-refractivity contribution in [3.05, 3.63) is 58.1 Å². The number of aromatic hydroxyl groups is 1. The second-order valence-electron chi connectivity index (χ2n) is 7.85. The third kappa shape index (κ3) is 2.87. The van der Waals surface area contributed by atoms with Crippen LogP contribution in [0.1, 0.15) is 46.2 Å². The Morgan fingerprint density at radius 2 is 1.96 bits per heavy atom. The summed E-state index contributed by atoms with van der Waals surface area (Å²) >= 11 is 0. The summed E-state index contributed by atoms with van der Waals surface area (Å²) in [6, 6.07) is 11.0. The molecule has 0 radical (unpaired) electrons. The smallest absolute Gasteiger partial charge is 0.160 e. The van der Waals surface area contributed by atoms with Gasteiger partial charge in [0.25, 0.3) is 0 Å². The van der Waals surface area contributed by atoms with Crippen LogP contribution in [0.5, 0.6) is 11.5 Å². The van der Waals surface area contributed by atoms with E-state index < -0.39 is 0 Å². The zero-order chi connectivity index (χ0) is 18.4. The van der Waals surface area contributed by atoms with Crippen LogP contribution in [0.25, 0.3) is 0 Å². The van der Waals surface area contributed by atoms with Crippen molar-refractivity contribution in [2.75, 3.05) is 20.2 Å². The van der Waals surface area contributed by atoms with Gasteiger partial charge >= 0.3 is 0 Å². The van der Waals surface area contributed by atoms with Crippen LogP contribution in [-0.2, 0) is 6.42 Å². The largest absolute Gasteiger partial charge is 0.504 e. The second kappa shape index (κ2) is 6.60. The minimum Gasteiger partial charge on any atom is -0.504 e. The molecule has 0 bridgehead atoms. The van der Waals surface area contributed by atoms with Crippen LogP contribution in [0.2, 0.25) is 0 Å². The first-order chi connectivity index (χ1) is 12.5. The first-order valence-corrected chi connectivity index (χ1v) is 9.44. The molecule has 0 amide bonds. The lowest BCUT2D eigenvalue weighted by molar-refractivity contribution is 0.109. The Morgan fingerprint density at radius 1 is 1.15 bits per heavy atom. The minimum atomic E-state index is 0.127. The number of hydrogen-bond acceptors (Lipinski definition) is 4. The number of fused-ring (bicyclic) bond motifs is 3. The number of benzene rings is 2. The maximum Gasteiger partial charge on any atom is 0.160 e. The zero-order valence-corrected chi connectivity index (χ0v) is 15.8. The van der Waals surface area contributed by atoms with Crippen molar-refractivity contribution in [3.63, 3.8) is 0 Å². The Labute approximate surface area is 155 Å². The van der Waals surface area contributed by atoms with Gasteiger partial charge in [-0.3, -0.25) is 4.90 Å². The Bertz CT molecular complexity index is 833. The van der Waals surface area contributed by atoms with Crippen LogP contribution in [0, 0.1) is 13.8 Å². The van der Waals surface area contributed by atoms with Gasteiger partial charge in [0.2, 0.25) is 0 Å². The highest BCUT2D eigenvalue weighted by Gasteiger charge is 2.38. The summed E-state index contributed by atoms with van der Waals surface area (Å²) in [5.41, 5.74) is 13.2. The molecule has 2 aromatic carbocycles. The van der Waals surface area contributed by atoms with Crippen molar-refractivity contribution < 1.29 is 9.84 Å². The van der Waals surface area contributed by atoms with Crippen LogP contribution in [0.4, 0.5) is 0 Å². The number of aryl methyl sites for hydroxylation is 2. The van der Waals surface area contributed by atoms with Crippen LogP contribution >= 0.6 is 0 Å². The molecule has 3 atom stereocenters. The Balaban J connectivity index is 1.66. The van der Waals surface area contributed by atoms with Gasteiger partial charge in [-0.05, 0) is 61.1 Å². The molecule has 2 aliphatic rings. The predicted octanol–water partition coefficient (Wildman–Crippen LogP) is 3.43. The van der Waals surface area contributed by atoms with E-state index in [9.17, 15) is 5.11 Å². The summed E-state index contributed by atoms with van der Waals surface area (Å²) in [7, 11) is 1.60. The monoisotopic (exact) mass is 352 g/mol. The van der Waals surface area contributed by atoms with Crippen LogP contribution in [0.3, 0.4) is 0 Å². The van der Waals surface area contributed by atoms with Crippen LogP contribution < -0.4 is 10.5 Å². The highest BCUT2D eigenvalue weighted by Crippen LogP contribution is 2.44. The quantitative estimate of drug-likeness (QED) is 0.869. The van der Waals surface area contributed by atoms with E-state index >= 15 is 0 Å². The van der Waals surface area contributed by atoms with E-state index in [1.165, 1.54) is 27.8 Å². The number of nitrogens with zero attached hydrogens (tertiary/aromatic N) is 1. The molecule has 3 N–H and O–H groups in total. The van der Waals surface area contributed by atoms with Crippen LogP contribution in [0.15, 0.2) is 30.3 Å². The van der Waals surface area contributed by atoms with Gasteiger partial charge < -0.3 is 15.6 Å². The first-order valence-electron chi connectivity index (χ1n) is 9.44. The number of phenolic OH excluding ortho intramolecular Hbond substituents is 1. The number of piperidine rings is 1. The average Bonchev–Trinajstić information content (AvgIpc) is 2.62. The molecular formula is C22H28N2O2. The third-order valence-corrected chi connectivity index (χ3v) is 6.19. The molecule has 138 valence electrons. The van der Waals surface area contributed by atoms with E-state index in [0.717, 1.165) is 25.9 Å². The molecule has 2 aromatic rings. The van der Waals surface area contributed by atoms with Gasteiger partial charge in [0, 0.05) is 31.1 Å². The molecule has 26 heavy (non-hydrogen) atoms. The fraction of sp³-hybridized carbons (Fsp3) is 0.455. The topological polar surface area (TPSA) is 58.7 Å². The lowest BCUT2D eigenvalue weighted by Crippen LogP contribution is -2.49. The summed E-state index contributed by atoms with van der Waals surface area (Å²) < 4.78 is 5.34. The molecule has 0 unspecified atom stereocenters. The second-order valence-corrected chi connectivity index (χ2v) is 7.85. The van der Waals surface area contributed by atoms with E-state index in [-0.39, 0.29) is 11.8 Å². The standard InChI is InChI=1S/C22H28N2O2/c1-13-4-5-14(2)16(8-13)18-12-24-7-6-15-9-21(25)22(26-3)10-17(15)20(24)11-19(18)23/h4-5,8-10,18-20,25H,6-7,11-12,23H2,1-3H3/t18-,19+,20+/m1/s1. The molecule has 0 saturated carbocycles. The van der Waals surface area contributed by atoms with Gasteiger partial charge in [0.15, 0.2) is 11.5 Å². The summed E-state index contributed by atoms with van der Waals surface area (Å²) in [5.74, 6) is 1.15. The number of phenols is 1. The molecule has 0 aromatic heterocycles. The van der Waals surface area contributed by atoms with Crippen molar-refractivity contribution in [1.29, 1.82) is 0 Å². The average molecular weight is 352 g/mol. The zero-order valence-electron chi connectivity index (χ0n) is 15.8. The molecule has 1 fully saturated rings. The van der Waals surface area contributed by atoms with Gasteiger partial charge in [-0.1, -0.05) is 23.8 Å². The molecule has 2 aliphatic heterocycles. The lowest BCUT2D eigenvalue weighted by Gasteiger charge is -2.46. The van der Waals surface area contributed by atoms with Gasteiger partial charge in [0.1, 0.15) is 0 Å². The Morgan fingerprint density at radius 3 is 2.73 bits per heavy atom. The van der Waals surface area contributed by atoms with E-state index in [2.05, 4.69) is 36.9 Å². The van der Waals surface area contributed by atoms with Crippen molar-refractivity contribution in [1.82, 2.24) is 4.90 Å². The predicted molar refractivity (Wildman–Crippen MR) is 104 cm³/mol. The van der Waals surface area contributed by atoms with E-state index in [1.807, 2.05) is 12.1 Å². The molecular weight excluding hydrogens is 324 g/mol. The van der Waals surface area contributed by atoms with Crippen molar-refractivity contribution in [2.45, 2.75) is 44.7 Å². The Hall–Kier alpha value is -2.04. The van der Waals surface area contributed by atoms with Crippen molar-refractivity contribution >= 4 is 0 Å². The van der Waals surface area contributed by atoms with E-state index in [0.29, 0.717) is 17.7 Å². The summed E-state index contributed by atoms with van der Waals surface area (Å²) in [4.78, 5) is 2.56. The molecule has 0 spiro atoms. The highest BCUT2D eigenvalue weighted by atomic mass is 16.5. The Kier molecular flexibility index (Phi) is 4.41. The summed E-state index contributed by atoms with van der Waals surface area (Å²) in [6.07, 6.45) is 1.89. The maximum absolute atomic E-state index is 10.1. The number of hydrogen-bond donors (Lipinski definition) is 2. The van der Waals surface area contributed by atoms with Gasteiger partial charge in [-0.15, -0.1) is 0 Å². The summed E-state index contributed by atoms with van der Waals surface area (Å²) in [5, 5.41) is 10.1. The van der Waals surface area contributed by atoms with E-state index in [1.54, 1.807) is 7.11 Å².